The monoisotopic (exact) mass is 374 g/mol. The Morgan fingerprint density at radius 2 is 0.885 bits per heavy atom. The molecule has 0 radical (unpaired) electrons. The minimum absolute atomic E-state index is 0.237. The molecule has 8 heteroatoms. The van der Waals surface area contributed by atoms with E-state index in [1.165, 1.54) is 25.7 Å². The molecule has 0 saturated heterocycles. The summed E-state index contributed by atoms with van der Waals surface area (Å²) < 4.78 is 0. The number of nitrogens with one attached hydrogen (secondary N) is 2. The number of nitrogens with zero attached hydrogens (tertiary/aromatic N) is 2. The van der Waals surface area contributed by atoms with E-state index in [0.717, 1.165) is 38.8 Å². The van der Waals surface area contributed by atoms with E-state index in [1.807, 2.05) is 0 Å². The van der Waals surface area contributed by atoms with Gasteiger partial charge in [0.1, 0.15) is 0 Å². The van der Waals surface area contributed by atoms with E-state index in [4.69, 9.17) is 0 Å². The van der Waals surface area contributed by atoms with Gasteiger partial charge in [-0.1, -0.05) is 38.5 Å². The van der Waals surface area contributed by atoms with Crippen molar-refractivity contribution in [3.05, 3.63) is 20.2 Å². The zero-order valence-corrected chi connectivity index (χ0v) is 17.0. The first-order chi connectivity index (χ1) is 12.1. The summed E-state index contributed by atoms with van der Waals surface area (Å²) in [6.07, 6.45) is 9.29. The molecule has 0 fully saturated rings. The van der Waals surface area contributed by atoms with Crippen molar-refractivity contribution < 1.29 is 9.85 Å². The van der Waals surface area contributed by atoms with E-state index >= 15 is 0 Å². The first kappa shape index (κ1) is 24.7. The molecule has 0 aliphatic carbocycles. The maximum atomic E-state index is 10.8. The van der Waals surface area contributed by atoms with Crippen molar-refractivity contribution in [3.63, 3.8) is 0 Å². The fourth-order valence-corrected chi connectivity index (χ4v) is 2.48. The van der Waals surface area contributed by atoms with Crippen molar-refractivity contribution in [2.24, 2.45) is 0 Å². The lowest BCUT2D eigenvalue weighted by atomic mass is 10.1. The molecular formula is C18H38N4O4. The number of nitro groups is 2. The second-order valence-corrected chi connectivity index (χ2v) is 8.32. The lowest BCUT2D eigenvalue weighted by Gasteiger charge is -2.16. The van der Waals surface area contributed by atoms with Gasteiger partial charge in [0, 0.05) is 37.5 Å². The Bertz CT molecular complexity index is 376. The molecule has 0 aliphatic heterocycles. The van der Waals surface area contributed by atoms with Crippen LogP contribution in [0, 0.1) is 20.2 Å². The molecule has 0 aromatic heterocycles. The molecule has 0 bridgehead atoms. The molecule has 0 rings (SSSR count). The van der Waals surface area contributed by atoms with E-state index in [2.05, 4.69) is 10.6 Å². The van der Waals surface area contributed by atoms with Gasteiger partial charge in [0.25, 0.3) is 0 Å². The maximum Gasteiger partial charge on any atom is 0.228 e. The molecule has 26 heavy (non-hydrogen) atoms. The van der Waals surface area contributed by atoms with Crippen molar-refractivity contribution in [1.29, 1.82) is 0 Å². The molecule has 154 valence electrons. The number of hydrogen-bond donors (Lipinski definition) is 2. The van der Waals surface area contributed by atoms with Crippen LogP contribution in [0.4, 0.5) is 0 Å². The first-order valence-corrected chi connectivity index (χ1v) is 9.80. The van der Waals surface area contributed by atoms with Gasteiger partial charge in [-0.3, -0.25) is 20.2 Å². The number of unbranched alkanes of at least 4 members (excludes halogenated alkanes) is 7. The van der Waals surface area contributed by atoms with Gasteiger partial charge in [0.15, 0.2) is 0 Å². The average Bonchev–Trinajstić information content (AvgIpc) is 2.54. The second kappa shape index (κ2) is 13.0. The van der Waals surface area contributed by atoms with Crippen molar-refractivity contribution in [2.45, 2.75) is 90.1 Å². The molecule has 0 spiro atoms. The molecule has 0 heterocycles. The van der Waals surface area contributed by atoms with Gasteiger partial charge < -0.3 is 10.6 Å². The summed E-state index contributed by atoms with van der Waals surface area (Å²) in [7, 11) is 0. The standard InChI is InChI=1S/C18H38N4O4/c1-17(2,21(23)24)15-19-13-11-9-7-5-6-8-10-12-14-20-16-18(3,4)22(25)26/h19-20H,5-16H2,1-4H3. The Morgan fingerprint density at radius 3 is 1.15 bits per heavy atom. The summed E-state index contributed by atoms with van der Waals surface area (Å²) >= 11 is 0. The van der Waals surface area contributed by atoms with E-state index in [-0.39, 0.29) is 9.85 Å². The summed E-state index contributed by atoms with van der Waals surface area (Å²) in [5.41, 5.74) is -1.79. The highest BCUT2D eigenvalue weighted by Crippen LogP contribution is 2.09. The molecular weight excluding hydrogens is 336 g/mol. The first-order valence-electron chi connectivity index (χ1n) is 9.80. The molecule has 0 aromatic rings. The van der Waals surface area contributed by atoms with Gasteiger partial charge in [0.05, 0.1) is 13.1 Å². The van der Waals surface area contributed by atoms with E-state index in [9.17, 15) is 20.2 Å². The Labute approximate surface area is 157 Å². The molecule has 8 nitrogen and oxygen atoms in total. The Hall–Kier alpha value is -1.28. The van der Waals surface area contributed by atoms with E-state index < -0.39 is 11.1 Å². The van der Waals surface area contributed by atoms with Crippen LogP contribution in [-0.4, -0.2) is 47.1 Å². The van der Waals surface area contributed by atoms with Crippen LogP contribution < -0.4 is 10.6 Å². The summed E-state index contributed by atoms with van der Waals surface area (Å²) in [5, 5.41) is 27.9. The van der Waals surface area contributed by atoms with Gasteiger partial charge in [-0.05, 0) is 25.9 Å². The zero-order chi connectivity index (χ0) is 20.1. The van der Waals surface area contributed by atoms with Crippen LogP contribution in [0.3, 0.4) is 0 Å². The largest absolute Gasteiger partial charge is 0.310 e. The van der Waals surface area contributed by atoms with Crippen molar-refractivity contribution in [2.75, 3.05) is 26.2 Å². The summed E-state index contributed by atoms with van der Waals surface area (Å²) in [6, 6.07) is 0. The van der Waals surface area contributed by atoms with Crippen LogP contribution in [0.1, 0.15) is 79.1 Å². The summed E-state index contributed by atoms with van der Waals surface area (Å²) in [5.74, 6) is 0. The lowest BCUT2D eigenvalue weighted by molar-refractivity contribution is -0.558. The van der Waals surface area contributed by atoms with Crippen molar-refractivity contribution in [3.8, 4) is 0 Å². The second-order valence-electron chi connectivity index (χ2n) is 8.32. The SMILES string of the molecule is CC(C)(CNCCCCCCCCCCNCC(C)(C)[N+](=O)[O-])[N+](=O)[O-]. The van der Waals surface area contributed by atoms with Gasteiger partial charge >= 0.3 is 0 Å². The fraction of sp³-hybridized carbons (Fsp3) is 1.00. The van der Waals surface area contributed by atoms with Crippen LogP contribution in [0.15, 0.2) is 0 Å². The number of hydrogen-bond acceptors (Lipinski definition) is 6. The minimum atomic E-state index is -0.895. The van der Waals surface area contributed by atoms with Crippen molar-refractivity contribution >= 4 is 0 Å². The molecule has 2 N–H and O–H groups in total. The maximum absolute atomic E-state index is 10.8. The Balaban J connectivity index is 3.32. The molecule has 0 aliphatic rings. The quantitative estimate of drug-likeness (QED) is 0.229. The Kier molecular flexibility index (Phi) is 12.3. The van der Waals surface area contributed by atoms with Crippen molar-refractivity contribution in [1.82, 2.24) is 10.6 Å². The van der Waals surface area contributed by atoms with Crippen LogP contribution in [0.25, 0.3) is 0 Å². The van der Waals surface area contributed by atoms with Crippen LogP contribution in [-0.2, 0) is 0 Å². The van der Waals surface area contributed by atoms with Gasteiger partial charge in [0.2, 0.25) is 11.1 Å². The summed E-state index contributed by atoms with van der Waals surface area (Å²) in [4.78, 5) is 21.1. The highest BCUT2D eigenvalue weighted by molar-refractivity contribution is 4.70. The van der Waals surface area contributed by atoms with Gasteiger partial charge in [-0.2, -0.15) is 0 Å². The minimum Gasteiger partial charge on any atom is -0.310 e. The Morgan fingerprint density at radius 1 is 0.615 bits per heavy atom. The normalized spacial score (nSPS) is 12.3. The molecule has 0 amide bonds. The predicted octanol–water partition coefficient (Wildman–Crippen LogP) is 3.40. The molecule has 0 aromatic carbocycles. The smallest absolute Gasteiger partial charge is 0.228 e. The molecule has 0 atom stereocenters. The lowest BCUT2D eigenvalue weighted by Crippen LogP contribution is -2.42. The van der Waals surface area contributed by atoms with Gasteiger partial charge in [-0.15, -0.1) is 0 Å². The van der Waals surface area contributed by atoms with E-state index in [0.29, 0.717) is 13.1 Å². The molecule has 0 unspecified atom stereocenters. The van der Waals surface area contributed by atoms with Crippen LogP contribution in [0.2, 0.25) is 0 Å². The predicted molar refractivity (Wildman–Crippen MR) is 105 cm³/mol. The fourth-order valence-electron chi connectivity index (χ4n) is 2.48. The number of rotatable bonds is 17. The highest BCUT2D eigenvalue weighted by Gasteiger charge is 2.30. The van der Waals surface area contributed by atoms with Crippen LogP contribution >= 0.6 is 0 Å². The van der Waals surface area contributed by atoms with E-state index in [1.54, 1.807) is 27.7 Å². The van der Waals surface area contributed by atoms with Gasteiger partial charge in [-0.25, -0.2) is 0 Å². The molecule has 0 saturated carbocycles. The van der Waals surface area contributed by atoms with Crippen LogP contribution in [0.5, 0.6) is 0 Å². The zero-order valence-electron chi connectivity index (χ0n) is 17.0. The third-order valence-electron chi connectivity index (χ3n) is 4.56. The third kappa shape index (κ3) is 12.1. The average molecular weight is 375 g/mol. The highest BCUT2D eigenvalue weighted by atomic mass is 16.6. The third-order valence-corrected chi connectivity index (χ3v) is 4.56. The topological polar surface area (TPSA) is 110 Å². The summed E-state index contributed by atoms with van der Waals surface area (Å²) in [6.45, 7) is 9.04.